The number of Topliss-reactive ketones (excluding diaryl/α,β-unsaturated/α-hetero) is 1. The summed E-state index contributed by atoms with van der Waals surface area (Å²) < 4.78 is 5.98. The summed E-state index contributed by atoms with van der Waals surface area (Å²) in [6.45, 7) is 6.96. The van der Waals surface area contributed by atoms with E-state index < -0.39 is 17.7 Å². The second-order valence-corrected chi connectivity index (χ2v) is 7.30. The molecule has 4 nitrogen and oxygen atoms in total. The summed E-state index contributed by atoms with van der Waals surface area (Å²) in [5.74, 6) is -0.128. The minimum Gasteiger partial charge on any atom is -0.444 e. The monoisotopic (exact) mass is 333 g/mol. The van der Waals surface area contributed by atoms with E-state index in [9.17, 15) is 9.59 Å². The lowest BCUT2D eigenvalue weighted by atomic mass is 10.2. The summed E-state index contributed by atoms with van der Waals surface area (Å²) in [7, 11) is 0. The second-order valence-electron chi connectivity index (χ2n) is 4.84. The number of carbonyl (C=O) groups is 2. The van der Waals surface area contributed by atoms with Crippen molar-refractivity contribution in [2.75, 3.05) is 0 Å². The van der Waals surface area contributed by atoms with E-state index in [1.165, 1.54) is 11.3 Å². The highest BCUT2D eigenvalue weighted by molar-refractivity contribution is 9.11. The number of hydrogen-bond donors (Lipinski definition) is 1. The van der Waals surface area contributed by atoms with Gasteiger partial charge in [0.2, 0.25) is 0 Å². The van der Waals surface area contributed by atoms with Gasteiger partial charge < -0.3 is 10.1 Å². The van der Waals surface area contributed by atoms with Gasteiger partial charge in [-0.3, -0.25) is 4.79 Å². The third-order valence-corrected chi connectivity index (χ3v) is 3.58. The van der Waals surface area contributed by atoms with E-state index >= 15 is 0 Å². The Balaban J connectivity index is 2.58. The fraction of sp³-hybridized carbons (Fsp3) is 0.500. The van der Waals surface area contributed by atoms with Crippen molar-refractivity contribution in [2.24, 2.45) is 0 Å². The summed E-state index contributed by atoms with van der Waals surface area (Å²) >= 11 is 4.63. The number of alkyl carbamates (subject to hydrolysis) is 1. The maximum absolute atomic E-state index is 12.0. The minimum atomic E-state index is -0.606. The van der Waals surface area contributed by atoms with E-state index in [4.69, 9.17) is 4.74 Å². The summed E-state index contributed by atoms with van der Waals surface area (Å²) in [6, 6.07) is 2.92. The highest BCUT2D eigenvalue weighted by Gasteiger charge is 2.22. The van der Waals surface area contributed by atoms with Crippen molar-refractivity contribution in [3.63, 3.8) is 0 Å². The van der Waals surface area contributed by atoms with Gasteiger partial charge in [0, 0.05) is 0 Å². The van der Waals surface area contributed by atoms with Gasteiger partial charge in [0.05, 0.1) is 14.7 Å². The lowest BCUT2D eigenvalue weighted by Crippen LogP contribution is -2.41. The predicted molar refractivity (Wildman–Crippen MR) is 75.2 cm³/mol. The zero-order chi connectivity index (χ0) is 13.9. The van der Waals surface area contributed by atoms with Gasteiger partial charge >= 0.3 is 6.09 Å². The molecule has 100 valence electrons. The summed E-state index contributed by atoms with van der Waals surface area (Å²) in [5.41, 5.74) is -0.571. The SMILES string of the molecule is C[C@@H](NC(=O)OC(C)(C)C)C(=O)c1ccc(Br)s1. The lowest BCUT2D eigenvalue weighted by molar-refractivity contribution is 0.0497. The Morgan fingerprint density at radius 1 is 1.39 bits per heavy atom. The molecule has 1 aromatic rings. The molecule has 0 bridgehead atoms. The van der Waals surface area contributed by atoms with Gasteiger partial charge in [-0.2, -0.15) is 0 Å². The van der Waals surface area contributed by atoms with Crippen LogP contribution in [0.5, 0.6) is 0 Å². The Labute approximate surface area is 119 Å². The average Bonchev–Trinajstić information content (AvgIpc) is 2.60. The Kier molecular flexibility index (Phi) is 4.92. The lowest BCUT2D eigenvalue weighted by Gasteiger charge is -2.21. The summed E-state index contributed by atoms with van der Waals surface area (Å²) in [6.07, 6.45) is -0.584. The number of ketones is 1. The summed E-state index contributed by atoms with van der Waals surface area (Å²) in [4.78, 5) is 24.1. The van der Waals surface area contributed by atoms with E-state index in [-0.39, 0.29) is 5.78 Å². The molecule has 1 rings (SSSR count). The first-order valence-electron chi connectivity index (χ1n) is 5.48. The fourth-order valence-electron chi connectivity index (χ4n) is 1.21. The van der Waals surface area contributed by atoms with Crippen LogP contribution in [0, 0.1) is 0 Å². The van der Waals surface area contributed by atoms with Crippen LogP contribution in [-0.4, -0.2) is 23.5 Å². The molecule has 0 unspecified atom stereocenters. The molecule has 0 saturated heterocycles. The molecule has 0 radical (unpaired) electrons. The van der Waals surface area contributed by atoms with Crippen molar-refractivity contribution in [3.05, 3.63) is 20.8 Å². The first-order valence-corrected chi connectivity index (χ1v) is 7.09. The second kappa shape index (κ2) is 5.84. The van der Waals surface area contributed by atoms with Crippen LogP contribution in [0.15, 0.2) is 15.9 Å². The molecule has 1 heterocycles. The van der Waals surface area contributed by atoms with Crippen LogP contribution in [0.4, 0.5) is 4.79 Å². The smallest absolute Gasteiger partial charge is 0.408 e. The largest absolute Gasteiger partial charge is 0.444 e. The quantitative estimate of drug-likeness (QED) is 0.859. The van der Waals surface area contributed by atoms with E-state index in [2.05, 4.69) is 21.2 Å². The van der Waals surface area contributed by atoms with Gasteiger partial charge in [-0.25, -0.2) is 4.79 Å². The molecule has 1 aromatic heterocycles. The van der Waals surface area contributed by atoms with Crippen molar-refractivity contribution in [1.29, 1.82) is 0 Å². The number of carbonyl (C=O) groups excluding carboxylic acids is 2. The topological polar surface area (TPSA) is 55.4 Å². The standard InChI is InChI=1S/C12H16BrNO3S/c1-7(14-11(16)17-12(2,3)4)10(15)8-5-6-9(13)18-8/h5-7H,1-4H3,(H,14,16)/t7-/m1/s1. The maximum atomic E-state index is 12.0. The predicted octanol–water partition coefficient (Wildman–Crippen LogP) is 3.61. The molecule has 0 saturated carbocycles. The Hall–Kier alpha value is -0.880. The first kappa shape index (κ1) is 15.2. The molecule has 0 fully saturated rings. The molecule has 1 N–H and O–H groups in total. The van der Waals surface area contributed by atoms with Crippen molar-refractivity contribution >= 4 is 39.1 Å². The molecule has 0 aromatic carbocycles. The summed E-state index contributed by atoms with van der Waals surface area (Å²) in [5, 5.41) is 2.52. The molecule has 0 aliphatic carbocycles. The van der Waals surface area contributed by atoms with Crippen molar-refractivity contribution < 1.29 is 14.3 Å². The van der Waals surface area contributed by atoms with Crippen LogP contribution < -0.4 is 5.32 Å². The van der Waals surface area contributed by atoms with Gasteiger partial charge in [0.25, 0.3) is 0 Å². The van der Waals surface area contributed by atoms with Crippen molar-refractivity contribution in [1.82, 2.24) is 5.32 Å². The van der Waals surface area contributed by atoms with E-state index in [0.29, 0.717) is 4.88 Å². The molecule has 0 spiro atoms. The van der Waals surface area contributed by atoms with E-state index in [1.54, 1.807) is 39.8 Å². The third-order valence-electron chi connectivity index (χ3n) is 1.94. The van der Waals surface area contributed by atoms with Gasteiger partial charge in [0.1, 0.15) is 5.60 Å². The number of ether oxygens (including phenoxy) is 1. The molecule has 0 aliphatic rings. The zero-order valence-corrected chi connectivity index (χ0v) is 13.1. The van der Waals surface area contributed by atoms with Crippen LogP contribution in [0.25, 0.3) is 0 Å². The Bertz CT molecular complexity index is 450. The van der Waals surface area contributed by atoms with E-state index in [1.807, 2.05) is 0 Å². The van der Waals surface area contributed by atoms with Crippen LogP contribution in [0.1, 0.15) is 37.4 Å². The zero-order valence-electron chi connectivity index (χ0n) is 10.7. The van der Waals surface area contributed by atoms with Crippen LogP contribution in [0.2, 0.25) is 0 Å². The minimum absolute atomic E-state index is 0.128. The molecular formula is C12H16BrNO3S. The molecule has 18 heavy (non-hydrogen) atoms. The van der Waals surface area contributed by atoms with Gasteiger partial charge in [-0.15, -0.1) is 11.3 Å². The number of halogens is 1. The first-order chi connectivity index (χ1) is 8.19. The van der Waals surface area contributed by atoms with Crippen LogP contribution in [-0.2, 0) is 4.74 Å². The number of rotatable bonds is 3. The number of hydrogen-bond acceptors (Lipinski definition) is 4. The maximum Gasteiger partial charge on any atom is 0.408 e. The van der Waals surface area contributed by atoms with Crippen LogP contribution >= 0.6 is 27.3 Å². The molecule has 1 amide bonds. The van der Waals surface area contributed by atoms with Crippen molar-refractivity contribution in [3.8, 4) is 0 Å². The van der Waals surface area contributed by atoms with Gasteiger partial charge in [0.15, 0.2) is 5.78 Å². The average molecular weight is 334 g/mol. The molecular weight excluding hydrogens is 318 g/mol. The van der Waals surface area contributed by atoms with Crippen molar-refractivity contribution in [2.45, 2.75) is 39.3 Å². The number of nitrogens with one attached hydrogen (secondary N) is 1. The molecule has 1 atom stereocenters. The highest BCUT2D eigenvalue weighted by Crippen LogP contribution is 2.23. The van der Waals surface area contributed by atoms with Gasteiger partial charge in [-0.1, -0.05) is 0 Å². The number of thiophene rings is 1. The highest BCUT2D eigenvalue weighted by atomic mass is 79.9. The van der Waals surface area contributed by atoms with Crippen LogP contribution in [0.3, 0.4) is 0 Å². The molecule has 6 heteroatoms. The third kappa shape index (κ3) is 4.78. The van der Waals surface area contributed by atoms with Gasteiger partial charge in [-0.05, 0) is 55.8 Å². The normalized spacial score (nSPS) is 12.9. The Morgan fingerprint density at radius 3 is 2.44 bits per heavy atom. The van der Waals surface area contributed by atoms with E-state index in [0.717, 1.165) is 3.79 Å². The fourth-order valence-corrected chi connectivity index (χ4v) is 2.62. The number of amides is 1. The molecule has 0 aliphatic heterocycles. The Morgan fingerprint density at radius 2 is 2.00 bits per heavy atom.